The highest BCUT2D eigenvalue weighted by molar-refractivity contribution is 7.89. The summed E-state index contributed by atoms with van der Waals surface area (Å²) in [7, 11) is -2.10. The van der Waals surface area contributed by atoms with E-state index in [2.05, 4.69) is 25.0 Å². The Bertz CT molecular complexity index is 1420. The molecule has 36 heavy (non-hydrogen) atoms. The Morgan fingerprint density at radius 1 is 1.08 bits per heavy atom. The molecule has 1 aliphatic heterocycles. The average Bonchev–Trinajstić information content (AvgIpc) is 3.56. The van der Waals surface area contributed by atoms with Crippen LogP contribution in [0.2, 0.25) is 0 Å². The molecule has 10 heteroatoms. The number of sulfonamides is 1. The Balaban J connectivity index is 1.55. The van der Waals surface area contributed by atoms with Gasteiger partial charge in [-0.15, -0.1) is 0 Å². The van der Waals surface area contributed by atoms with E-state index in [1.807, 2.05) is 30.3 Å². The van der Waals surface area contributed by atoms with Crippen molar-refractivity contribution in [3.63, 3.8) is 0 Å². The van der Waals surface area contributed by atoms with Crippen LogP contribution >= 0.6 is 0 Å². The Morgan fingerprint density at radius 2 is 1.89 bits per heavy atom. The van der Waals surface area contributed by atoms with E-state index in [0.29, 0.717) is 18.8 Å². The van der Waals surface area contributed by atoms with Gasteiger partial charge in [-0.05, 0) is 36.1 Å². The summed E-state index contributed by atoms with van der Waals surface area (Å²) in [6.07, 6.45) is 3.81. The van der Waals surface area contributed by atoms with Crippen LogP contribution in [0.25, 0.3) is 33.4 Å². The van der Waals surface area contributed by atoms with Crippen LogP contribution in [0.15, 0.2) is 65.8 Å². The van der Waals surface area contributed by atoms with Gasteiger partial charge in [0.05, 0.1) is 28.7 Å². The monoisotopic (exact) mass is 507 g/mol. The molecular formula is C26H29N5O4S. The number of rotatable bonds is 10. The maximum Gasteiger partial charge on any atom is 0.240 e. The van der Waals surface area contributed by atoms with Crippen LogP contribution in [-0.4, -0.2) is 62.9 Å². The summed E-state index contributed by atoms with van der Waals surface area (Å²) in [4.78, 5) is 12.7. The third-order valence-corrected chi connectivity index (χ3v) is 7.70. The van der Waals surface area contributed by atoms with Crippen LogP contribution in [0.3, 0.4) is 0 Å². The van der Waals surface area contributed by atoms with Gasteiger partial charge < -0.3 is 19.8 Å². The Hall–Kier alpha value is -3.31. The Morgan fingerprint density at radius 3 is 2.61 bits per heavy atom. The number of hydrogen-bond donors (Lipinski definition) is 3. The van der Waals surface area contributed by atoms with Crippen molar-refractivity contribution in [2.24, 2.45) is 0 Å². The van der Waals surface area contributed by atoms with Gasteiger partial charge in [-0.3, -0.25) is 0 Å². The Labute approximate surface area is 210 Å². The molecule has 0 spiro atoms. The summed E-state index contributed by atoms with van der Waals surface area (Å²) in [5, 5.41) is 4.35. The molecule has 1 saturated heterocycles. The number of H-pyrrole nitrogens is 1. The molecule has 9 nitrogen and oxygen atoms in total. The third-order valence-electron chi connectivity index (χ3n) is 6.23. The van der Waals surface area contributed by atoms with Gasteiger partial charge in [0, 0.05) is 32.4 Å². The predicted octanol–water partition coefficient (Wildman–Crippen LogP) is 3.81. The van der Waals surface area contributed by atoms with Crippen LogP contribution in [0.4, 0.5) is 5.82 Å². The fourth-order valence-electron chi connectivity index (χ4n) is 4.45. The van der Waals surface area contributed by atoms with E-state index >= 15 is 0 Å². The van der Waals surface area contributed by atoms with E-state index < -0.39 is 10.0 Å². The molecule has 0 aliphatic carbocycles. The number of methoxy groups -OCH3 is 1. The summed E-state index contributed by atoms with van der Waals surface area (Å²) in [5.74, 6) is 0.735. The first-order valence-corrected chi connectivity index (χ1v) is 13.4. The number of hydrogen-bond acceptors (Lipinski definition) is 7. The number of aromatic nitrogens is 3. The number of benzene rings is 2. The minimum Gasteiger partial charge on any atom is -0.383 e. The van der Waals surface area contributed by atoms with Gasteiger partial charge in [-0.25, -0.2) is 23.1 Å². The smallest absolute Gasteiger partial charge is 0.240 e. The first kappa shape index (κ1) is 24.4. The highest BCUT2D eigenvalue weighted by Gasteiger charge is 2.22. The van der Waals surface area contributed by atoms with Crippen molar-refractivity contribution < 1.29 is 17.9 Å². The SMILES string of the molecule is COCCNS(=O)(=O)c1ccc(-c2[nH]c3ncnc(NCC4CCCO4)c3c2-c2ccccc2)cc1. The second-order valence-electron chi connectivity index (χ2n) is 8.62. The second-order valence-corrected chi connectivity index (χ2v) is 10.4. The molecule has 3 N–H and O–H groups in total. The first-order chi connectivity index (χ1) is 17.6. The van der Waals surface area contributed by atoms with Crippen molar-refractivity contribution in [2.45, 2.75) is 23.8 Å². The second kappa shape index (κ2) is 10.8. The molecule has 1 aliphatic rings. The summed E-state index contributed by atoms with van der Waals surface area (Å²) < 4.78 is 38.4. The molecule has 0 saturated carbocycles. The summed E-state index contributed by atoms with van der Waals surface area (Å²) in [6.45, 7) is 1.98. The lowest BCUT2D eigenvalue weighted by Crippen LogP contribution is -2.27. The molecule has 188 valence electrons. The molecule has 5 rings (SSSR count). The average molecular weight is 508 g/mol. The van der Waals surface area contributed by atoms with Crippen LogP contribution in [0, 0.1) is 0 Å². The van der Waals surface area contributed by atoms with Gasteiger partial charge in [0.15, 0.2) is 0 Å². The molecule has 0 radical (unpaired) electrons. The van der Waals surface area contributed by atoms with Crippen molar-refractivity contribution in [1.29, 1.82) is 0 Å². The number of aromatic amines is 1. The fourth-order valence-corrected chi connectivity index (χ4v) is 5.46. The van der Waals surface area contributed by atoms with Crippen molar-refractivity contribution in [2.75, 3.05) is 38.7 Å². The zero-order chi connectivity index (χ0) is 25.0. The zero-order valence-corrected chi connectivity index (χ0v) is 20.8. The normalized spacial score (nSPS) is 16.0. The molecular weight excluding hydrogens is 478 g/mol. The molecule has 0 bridgehead atoms. The van der Waals surface area contributed by atoms with E-state index in [1.54, 1.807) is 24.3 Å². The predicted molar refractivity (Wildman–Crippen MR) is 139 cm³/mol. The number of anilines is 1. The van der Waals surface area contributed by atoms with Crippen LogP contribution in [0.1, 0.15) is 12.8 Å². The van der Waals surface area contributed by atoms with Crippen molar-refractivity contribution >= 4 is 26.9 Å². The van der Waals surface area contributed by atoms with Crippen molar-refractivity contribution in [3.05, 3.63) is 60.9 Å². The summed E-state index contributed by atoms with van der Waals surface area (Å²) >= 11 is 0. The zero-order valence-electron chi connectivity index (χ0n) is 20.0. The highest BCUT2D eigenvalue weighted by Crippen LogP contribution is 2.40. The lowest BCUT2D eigenvalue weighted by Gasteiger charge is -2.13. The van der Waals surface area contributed by atoms with E-state index in [9.17, 15) is 8.42 Å². The van der Waals surface area contributed by atoms with Gasteiger partial charge in [0.25, 0.3) is 0 Å². The summed E-state index contributed by atoms with van der Waals surface area (Å²) in [6, 6.07) is 16.8. The van der Waals surface area contributed by atoms with Crippen LogP contribution in [0.5, 0.6) is 0 Å². The molecule has 1 fully saturated rings. The fraction of sp³-hybridized carbons (Fsp3) is 0.308. The molecule has 2 aromatic heterocycles. The van der Waals surface area contributed by atoms with E-state index in [-0.39, 0.29) is 17.5 Å². The number of ether oxygens (including phenoxy) is 2. The molecule has 2 aromatic carbocycles. The molecule has 3 heterocycles. The molecule has 0 amide bonds. The maximum absolute atomic E-state index is 12.6. The van der Waals surface area contributed by atoms with Crippen LogP contribution in [-0.2, 0) is 19.5 Å². The van der Waals surface area contributed by atoms with E-state index in [4.69, 9.17) is 9.47 Å². The van der Waals surface area contributed by atoms with Crippen LogP contribution < -0.4 is 10.0 Å². The largest absolute Gasteiger partial charge is 0.383 e. The third kappa shape index (κ3) is 5.12. The first-order valence-electron chi connectivity index (χ1n) is 11.9. The molecule has 1 atom stereocenters. The maximum atomic E-state index is 12.6. The number of nitrogens with zero attached hydrogens (tertiary/aromatic N) is 2. The van der Waals surface area contributed by atoms with E-state index in [1.165, 1.54) is 13.4 Å². The minimum atomic E-state index is -3.63. The van der Waals surface area contributed by atoms with Gasteiger partial charge in [-0.2, -0.15) is 0 Å². The number of nitrogens with one attached hydrogen (secondary N) is 3. The lowest BCUT2D eigenvalue weighted by atomic mass is 9.99. The minimum absolute atomic E-state index is 0.167. The van der Waals surface area contributed by atoms with Gasteiger partial charge >= 0.3 is 0 Å². The highest BCUT2D eigenvalue weighted by atomic mass is 32.2. The summed E-state index contributed by atoms with van der Waals surface area (Å²) in [5.41, 5.74) is 4.34. The molecule has 4 aromatic rings. The van der Waals surface area contributed by atoms with Gasteiger partial charge in [0.2, 0.25) is 10.0 Å². The van der Waals surface area contributed by atoms with Gasteiger partial charge in [0.1, 0.15) is 17.8 Å². The lowest BCUT2D eigenvalue weighted by molar-refractivity contribution is 0.120. The Kier molecular flexibility index (Phi) is 7.28. The van der Waals surface area contributed by atoms with Crippen molar-refractivity contribution in [3.8, 4) is 22.4 Å². The number of fused-ring (bicyclic) bond motifs is 1. The van der Waals surface area contributed by atoms with Gasteiger partial charge in [-0.1, -0.05) is 42.5 Å². The quantitative estimate of drug-likeness (QED) is 0.279. The van der Waals surface area contributed by atoms with Crippen molar-refractivity contribution in [1.82, 2.24) is 19.7 Å². The standard InChI is InChI=1S/C26H29N5O4S/c1-34-15-13-30-36(32,33)21-11-9-19(10-12-21)24-22(18-6-3-2-4-7-18)23-25(28-17-29-26(23)31-24)27-16-20-8-5-14-35-20/h2-4,6-7,9-12,17,20,30H,5,8,13-16H2,1H3,(H2,27,28,29,31). The molecule has 1 unspecified atom stereocenters. The van der Waals surface area contributed by atoms with E-state index in [0.717, 1.165) is 53.0 Å². The topological polar surface area (TPSA) is 118 Å².